The highest BCUT2D eigenvalue weighted by Gasteiger charge is 2.13. The fourth-order valence-electron chi connectivity index (χ4n) is 1.88. The molecule has 1 amide bonds. The van der Waals surface area contributed by atoms with Gasteiger partial charge in [0.05, 0.1) is 11.3 Å². The van der Waals surface area contributed by atoms with E-state index in [-0.39, 0.29) is 5.91 Å². The molecule has 1 heterocycles. The molecule has 0 unspecified atom stereocenters. The lowest BCUT2D eigenvalue weighted by molar-refractivity contribution is -0.114. The van der Waals surface area contributed by atoms with Gasteiger partial charge in [0.15, 0.2) is 5.75 Å². The van der Waals surface area contributed by atoms with E-state index in [1.165, 1.54) is 13.3 Å². The van der Waals surface area contributed by atoms with E-state index in [0.717, 1.165) is 18.4 Å². The Morgan fingerprint density at radius 1 is 1.33 bits per heavy atom. The topological polar surface area (TPSA) is 64.1 Å². The van der Waals surface area contributed by atoms with Gasteiger partial charge < -0.3 is 10.1 Å². The summed E-state index contributed by atoms with van der Waals surface area (Å²) in [6, 6.07) is 7.16. The Morgan fingerprint density at radius 3 is 2.81 bits per heavy atom. The second kappa shape index (κ2) is 7.04. The number of anilines is 1. The van der Waals surface area contributed by atoms with Crippen LogP contribution in [0.25, 0.3) is 0 Å². The molecule has 1 aromatic carbocycles. The normalized spacial score (nSPS) is 10.2. The first-order chi connectivity index (χ1) is 10.1. The second-order valence-electron chi connectivity index (χ2n) is 4.48. The maximum absolute atomic E-state index is 11.2. The van der Waals surface area contributed by atoms with Gasteiger partial charge in [-0.25, -0.2) is 9.97 Å². The number of carbonyl (C=O) groups is 1. The third-order valence-electron chi connectivity index (χ3n) is 2.76. The maximum atomic E-state index is 11.2. The van der Waals surface area contributed by atoms with Gasteiger partial charge in [0.25, 0.3) is 0 Å². The summed E-state index contributed by atoms with van der Waals surface area (Å²) in [7, 11) is 0. The molecular formula is C15H16ClN3O2. The predicted octanol–water partition coefficient (Wildman–Crippen LogP) is 3.83. The summed E-state index contributed by atoms with van der Waals surface area (Å²) in [5, 5.41) is 3.11. The molecule has 1 N–H and O–H groups in total. The average Bonchev–Trinajstić information content (AvgIpc) is 2.44. The van der Waals surface area contributed by atoms with Crippen molar-refractivity contribution in [3.8, 4) is 11.6 Å². The first-order valence-electron chi connectivity index (χ1n) is 6.65. The SMILES string of the molecule is CCCc1c(Cl)ncnc1Oc1ccccc1NC(C)=O. The van der Waals surface area contributed by atoms with Crippen LogP contribution in [0, 0.1) is 0 Å². The second-order valence-corrected chi connectivity index (χ2v) is 4.84. The van der Waals surface area contributed by atoms with Crippen molar-refractivity contribution in [3.05, 3.63) is 41.3 Å². The van der Waals surface area contributed by atoms with E-state index in [1.807, 2.05) is 19.1 Å². The number of benzene rings is 1. The van der Waals surface area contributed by atoms with Crippen molar-refractivity contribution in [2.24, 2.45) is 0 Å². The summed E-state index contributed by atoms with van der Waals surface area (Å²) >= 11 is 6.10. The first-order valence-corrected chi connectivity index (χ1v) is 7.03. The molecule has 0 aliphatic heterocycles. The highest BCUT2D eigenvalue weighted by molar-refractivity contribution is 6.30. The molecular weight excluding hydrogens is 290 g/mol. The number of hydrogen-bond acceptors (Lipinski definition) is 4. The van der Waals surface area contributed by atoms with E-state index in [2.05, 4.69) is 15.3 Å². The molecule has 0 bridgehead atoms. The number of ether oxygens (including phenoxy) is 1. The Labute approximate surface area is 128 Å². The Balaban J connectivity index is 2.34. The third-order valence-corrected chi connectivity index (χ3v) is 3.08. The number of aromatic nitrogens is 2. The minimum absolute atomic E-state index is 0.166. The number of para-hydroxylation sites is 2. The molecule has 0 saturated heterocycles. The summed E-state index contributed by atoms with van der Waals surface area (Å²) < 4.78 is 5.82. The van der Waals surface area contributed by atoms with E-state index in [9.17, 15) is 4.79 Å². The van der Waals surface area contributed by atoms with Gasteiger partial charge in [-0.05, 0) is 18.6 Å². The number of nitrogens with zero attached hydrogens (tertiary/aromatic N) is 2. The number of hydrogen-bond donors (Lipinski definition) is 1. The van der Waals surface area contributed by atoms with E-state index in [0.29, 0.717) is 22.5 Å². The number of nitrogens with one attached hydrogen (secondary N) is 1. The van der Waals surface area contributed by atoms with Gasteiger partial charge in [-0.15, -0.1) is 0 Å². The number of rotatable bonds is 5. The highest BCUT2D eigenvalue weighted by atomic mass is 35.5. The zero-order valence-corrected chi connectivity index (χ0v) is 12.6. The lowest BCUT2D eigenvalue weighted by Crippen LogP contribution is -2.07. The van der Waals surface area contributed by atoms with Gasteiger partial charge in [0, 0.05) is 6.92 Å². The summed E-state index contributed by atoms with van der Waals surface area (Å²) in [6.45, 7) is 3.49. The zero-order valence-electron chi connectivity index (χ0n) is 11.9. The molecule has 0 radical (unpaired) electrons. The van der Waals surface area contributed by atoms with Crippen molar-refractivity contribution in [3.63, 3.8) is 0 Å². The maximum Gasteiger partial charge on any atom is 0.227 e. The van der Waals surface area contributed by atoms with E-state index in [1.54, 1.807) is 12.1 Å². The minimum Gasteiger partial charge on any atom is -0.436 e. The van der Waals surface area contributed by atoms with Crippen molar-refractivity contribution in [1.29, 1.82) is 0 Å². The van der Waals surface area contributed by atoms with E-state index >= 15 is 0 Å². The van der Waals surface area contributed by atoms with E-state index < -0.39 is 0 Å². The van der Waals surface area contributed by atoms with Gasteiger partial charge in [-0.2, -0.15) is 0 Å². The molecule has 5 nitrogen and oxygen atoms in total. The molecule has 110 valence electrons. The van der Waals surface area contributed by atoms with Crippen LogP contribution in [-0.2, 0) is 11.2 Å². The molecule has 0 aliphatic rings. The van der Waals surface area contributed by atoms with Crippen molar-refractivity contribution in [1.82, 2.24) is 9.97 Å². The van der Waals surface area contributed by atoms with Crippen LogP contribution in [-0.4, -0.2) is 15.9 Å². The molecule has 0 atom stereocenters. The molecule has 0 saturated carbocycles. The van der Waals surface area contributed by atoms with Crippen LogP contribution in [0.3, 0.4) is 0 Å². The Hall–Kier alpha value is -2.14. The molecule has 0 aliphatic carbocycles. The van der Waals surface area contributed by atoms with Gasteiger partial charge in [-0.1, -0.05) is 37.1 Å². The van der Waals surface area contributed by atoms with Crippen LogP contribution < -0.4 is 10.1 Å². The van der Waals surface area contributed by atoms with E-state index in [4.69, 9.17) is 16.3 Å². The summed E-state index contributed by atoms with van der Waals surface area (Å²) in [6.07, 6.45) is 2.98. The molecule has 0 spiro atoms. The third kappa shape index (κ3) is 3.92. The van der Waals surface area contributed by atoms with Crippen LogP contribution >= 0.6 is 11.6 Å². The van der Waals surface area contributed by atoms with Crippen molar-refractivity contribution in [2.45, 2.75) is 26.7 Å². The van der Waals surface area contributed by atoms with Crippen LogP contribution in [0.4, 0.5) is 5.69 Å². The summed E-state index contributed by atoms with van der Waals surface area (Å²) in [5.74, 6) is 0.759. The monoisotopic (exact) mass is 305 g/mol. The quantitative estimate of drug-likeness (QED) is 0.853. The minimum atomic E-state index is -0.166. The fourth-order valence-corrected chi connectivity index (χ4v) is 2.10. The lowest BCUT2D eigenvalue weighted by Gasteiger charge is -2.13. The standard InChI is InChI=1S/C15H16ClN3O2/c1-3-6-11-14(16)17-9-18-15(11)21-13-8-5-4-7-12(13)19-10(2)20/h4-5,7-9H,3,6H2,1-2H3,(H,19,20). The molecule has 1 aromatic heterocycles. The van der Waals surface area contributed by atoms with Crippen LogP contribution in [0.5, 0.6) is 11.6 Å². The number of amides is 1. The number of carbonyl (C=O) groups excluding carboxylic acids is 1. The Kier molecular flexibility index (Phi) is 5.11. The summed E-state index contributed by atoms with van der Waals surface area (Å²) in [5.41, 5.74) is 1.35. The molecule has 2 rings (SSSR count). The number of halogens is 1. The Morgan fingerprint density at radius 2 is 2.10 bits per heavy atom. The van der Waals surface area contributed by atoms with Crippen molar-refractivity contribution >= 4 is 23.2 Å². The molecule has 21 heavy (non-hydrogen) atoms. The average molecular weight is 306 g/mol. The molecule has 6 heteroatoms. The van der Waals surface area contributed by atoms with Gasteiger partial charge in [0.1, 0.15) is 11.5 Å². The van der Waals surface area contributed by atoms with Crippen LogP contribution in [0.1, 0.15) is 25.8 Å². The van der Waals surface area contributed by atoms with Crippen molar-refractivity contribution < 1.29 is 9.53 Å². The largest absolute Gasteiger partial charge is 0.436 e. The smallest absolute Gasteiger partial charge is 0.227 e. The summed E-state index contributed by atoms with van der Waals surface area (Å²) in [4.78, 5) is 19.3. The highest BCUT2D eigenvalue weighted by Crippen LogP contribution is 2.32. The van der Waals surface area contributed by atoms with Gasteiger partial charge >= 0.3 is 0 Å². The fraction of sp³-hybridized carbons (Fsp3) is 0.267. The molecule has 0 fully saturated rings. The van der Waals surface area contributed by atoms with Crippen LogP contribution in [0.15, 0.2) is 30.6 Å². The Bertz CT molecular complexity index is 647. The zero-order chi connectivity index (χ0) is 15.2. The lowest BCUT2D eigenvalue weighted by atomic mass is 10.2. The first kappa shape index (κ1) is 15.3. The predicted molar refractivity (Wildman–Crippen MR) is 81.9 cm³/mol. The van der Waals surface area contributed by atoms with Crippen LogP contribution in [0.2, 0.25) is 5.15 Å². The van der Waals surface area contributed by atoms with Gasteiger partial charge in [0.2, 0.25) is 11.8 Å². The van der Waals surface area contributed by atoms with Gasteiger partial charge in [-0.3, -0.25) is 4.79 Å². The van der Waals surface area contributed by atoms with Crippen molar-refractivity contribution in [2.75, 3.05) is 5.32 Å². The molecule has 2 aromatic rings.